The Morgan fingerprint density at radius 1 is 1.09 bits per heavy atom. The number of piperidine rings is 1. The lowest BCUT2D eigenvalue weighted by Gasteiger charge is -2.59. The molecule has 0 unspecified atom stereocenters. The molecule has 6 nitrogen and oxygen atoms in total. The fourth-order valence-electron chi connectivity index (χ4n) is 8.36. The molecule has 176 valence electrons. The third-order valence-electron chi connectivity index (χ3n) is 10.1. The van der Waals surface area contributed by atoms with Crippen molar-refractivity contribution >= 4 is 11.7 Å². The van der Waals surface area contributed by atoms with Crippen molar-refractivity contribution in [2.24, 2.45) is 23.2 Å². The fraction of sp³-hybridized carbons (Fsp3) is 0.556. The molecule has 1 aromatic carbocycles. The predicted octanol–water partition coefficient (Wildman–Crippen LogP) is 4.47. The molecule has 6 atom stereocenters. The van der Waals surface area contributed by atoms with E-state index in [2.05, 4.69) is 29.2 Å². The Bertz CT molecular complexity index is 1320. The summed E-state index contributed by atoms with van der Waals surface area (Å²) in [4.78, 5) is 21.7. The molecule has 1 amide bonds. The van der Waals surface area contributed by atoms with Gasteiger partial charge < -0.3 is 5.32 Å². The standard InChI is InChI=1S/C27H30FN5O/c1-26-12-10-22(34)31-21(26)8-7-17-19(26)9-11-27(2)20(17)13-18-23(15-3-5-16(28)6-4-15)33-25(29-14-30-33)32-24(18)27/h3-6,14,17,19-21H,7-13H2,1-2H3,(H,31,34)/t17-,19+,20+,21-,26-,27+/m1/s1. The summed E-state index contributed by atoms with van der Waals surface area (Å²) in [5.74, 6) is 2.35. The zero-order valence-electron chi connectivity index (χ0n) is 19.7. The Labute approximate surface area is 198 Å². The Morgan fingerprint density at radius 3 is 2.74 bits per heavy atom. The predicted molar refractivity (Wildman–Crippen MR) is 125 cm³/mol. The Kier molecular flexibility index (Phi) is 4.14. The summed E-state index contributed by atoms with van der Waals surface area (Å²) in [6, 6.07) is 7.03. The number of nitrogens with zero attached hydrogens (tertiary/aromatic N) is 4. The maximum absolute atomic E-state index is 13.7. The molecular weight excluding hydrogens is 429 g/mol. The van der Waals surface area contributed by atoms with E-state index in [0.717, 1.165) is 43.4 Å². The van der Waals surface area contributed by atoms with E-state index in [4.69, 9.17) is 4.98 Å². The zero-order chi connectivity index (χ0) is 23.2. The first-order chi connectivity index (χ1) is 16.4. The zero-order valence-corrected chi connectivity index (χ0v) is 19.7. The van der Waals surface area contributed by atoms with Crippen molar-refractivity contribution in [3.05, 3.63) is 47.7 Å². The summed E-state index contributed by atoms with van der Waals surface area (Å²) in [5.41, 5.74) is 4.56. The number of aromatic nitrogens is 4. The van der Waals surface area contributed by atoms with Crippen molar-refractivity contribution in [2.75, 3.05) is 0 Å². The van der Waals surface area contributed by atoms with E-state index in [0.29, 0.717) is 36.0 Å². The van der Waals surface area contributed by atoms with Gasteiger partial charge in [0.1, 0.15) is 12.1 Å². The van der Waals surface area contributed by atoms with E-state index in [1.165, 1.54) is 29.8 Å². The number of carbonyl (C=O) groups excluding carboxylic acids is 1. The normalized spacial score (nSPS) is 36.4. The lowest BCUT2D eigenvalue weighted by atomic mass is 9.47. The second-order valence-electron chi connectivity index (χ2n) is 11.5. The first-order valence-corrected chi connectivity index (χ1v) is 12.7. The molecule has 4 aliphatic rings. The molecule has 7 rings (SSSR count). The van der Waals surface area contributed by atoms with Crippen LogP contribution in [0.4, 0.5) is 4.39 Å². The first kappa shape index (κ1) is 20.5. The van der Waals surface area contributed by atoms with E-state index in [1.54, 1.807) is 6.33 Å². The smallest absolute Gasteiger partial charge is 0.252 e. The van der Waals surface area contributed by atoms with Crippen LogP contribution in [0.3, 0.4) is 0 Å². The average Bonchev–Trinajstić information content (AvgIpc) is 3.41. The molecule has 1 aliphatic heterocycles. The minimum Gasteiger partial charge on any atom is -0.353 e. The number of carbonyl (C=O) groups is 1. The summed E-state index contributed by atoms with van der Waals surface area (Å²) in [6.07, 6.45) is 8.66. The summed E-state index contributed by atoms with van der Waals surface area (Å²) in [5, 5.41) is 7.83. The van der Waals surface area contributed by atoms with Crippen molar-refractivity contribution in [2.45, 2.75) is 70.3 Å². The first-order valence-electron chi connectivity index (χ1n) is 12.7. The van der Waals surface area contributed by atoms with Gasteiger partial charge >= 0.3 is 0 Å². The van der Waals surface area contributed by atoms with Gasteiger partial charge in [0.15, 0.2) is 0 Å². The highest BCUT2D eigenvalue weighted by atomic mass is 19.1. The molecule has 0 spiro atoms. The van der Waals surface area contributed by atoms with E-state index in [-0.39, 0.29) is 22.6 Å². The molecule has 3 fully saturated rings. The maximum atomic E-state index is 13.7. The van der Waals surface area contributed by atoms with Gasteiger partial charge in [-0.2, -0.15) is 14.6 Å². The van der Waals surface area contributed by atoms with Crippen molar-refractivity contribution in [3.8, 4) is 11.3 Å². The molecule has 2 saturated carbocycles. The van der Waals surface area contributed by atoms with Crippen LogP contribution in [0.5, 0.6) is 0 Å². The van der Waals surface area contributed by atoms with Crippen LogP contribution in [-0.2, 0) is 16.6 Å². The lowest BCUT2D eigenvalue weighted by Crippen LogP contribution is -2.61. The third kappa shape index (κ3) is 2.61. The van der Waals surface area contributed by atoms with Crippen LogP contribution in [0.1, 0.15) is 63.6 Å². The minimum absolute atomic E-state index is 0.0000911. The van der Waals surface area contributed by atoms with Gasteiger partial charge in [0.05, 0.1) is 11.4 Å². The largest absolute Gasteiger partial charge is 0.353 e. The van der Waals surface area contributed by atoms with Crippen LogP contribution in [0.25, 0.3) is 17.0 Å². The summed E-state index contributed by atoms with van der Waals surface area (Å²) in [7, 11) is 0. The van der Waals surface area contributed by atoms with E-state index >= 15 is 0 Å². The number of hydrogen-bond acceptors (Lipinski definition) is 4. The molecule has 3 heterocycles. The molecule has 3 aromatic rings. The van der Waals surface area contributed by atoms with E-state index in [1.807, 2.05) is 16.6 Å². The summed E-state index contributed by atoms with van der Waals surface area (Å²) >= 11 is 0. The van der Waals surface area contributed by atoms with Crippen LogP contribution in [0, 0.1) is 29.0 Å². The summed E-state index contributed by atoms with van der Waals surface area (Å²) in [6.45, 7) is 4.84. The van der Waals surface area contributed by atoms with Gasteiger partial charge in [0.2, 0.25) is 5.91 Å². The second-order valence-corrected chi connectivity index (χ2v) is 11.5. The summed E-state index contributed by atoms with van der Waals surface area (Å²) < 4.78 is 15.6. The fourth-order valence-corrected chi connectivity index (χ4v) is 8.36. The monoisotopic (exact) mass is 459 g/mol. The molecule has 7 heteroatoms. The highest BCUT2D eigenvalue weighted by molar-refractivity contribution is 5.77. The highest BCUT2D eigenvalue weighted by Crippen LogP contribution is 2.63. The molecular formula is C27H30FN5O. The van der Waals surface area contributed by atoms with Crippen molar-refractivity contribution in [3.63, 3.8) is 0 Å². The van der Waals surface area contributed by atoms with Crippen LogP contribution in [0.15, 0.2) is 30.6 Å². The Hall–Kier alpha value is -2.83. The molecule has 1 saturated heterocycles. The average molecular weight is 460 g/mol. The van der Waals surface area contributed by atoms with E-state index < -0.39 is 0 Å². The second kappa shape index (κ2) is 6.86. The number of nitrogens with one attached hydrogen (secondary N) is 1. The van der Waals surface area contributed by atoms with Gasteiger partial charge in [-0.25, -0.2) is 9.37 Å². The number of rotatable bonds is 1. The quantitative estimate of drug-likeness (QED) is 0.583. The molecule has 0 bridgehead atoms. The van der Waals surface area contributed by atoms with Crippen LogP contribution >= 0.6 is 0 Å². The number of halogens is 1. The molecule has 34 heavy (non-hydrogen) atoms. The molecule has 0 radical (unpaired) electrons. The third-order valence-corrected chi connectivity index (χ3v) is 10.1. The van der Waals surface area contributed by atoms with Gasteiger partial charge in [-0.15, -0.1) is 0 Å². The Balaban J connectivity index is 1.34. The number of amides is 1. The van der Waals surface area contributed by atoms with Crippen molar-refractivity contribution < 1.29 is 9.18 Å². The molecule has 3 aliphatic carbocycles. The van der Waals surface area contributed by atoms with Crippen LogP contribution < -0.4 is 5.32 Å². The van der Waals surface area contributed by atoms with E-state index in [9.17, 15) is 9.18 Å². The van der Waals surface area contributed by atoms with Gasteiger partial charge in [-0.1, -0.05) is 13.8 Å². The maximum Gasteiger partial charge on any atom is 0.252 e. The van der Waals surface area contributed by atoms with Gasteiger partial charge in [-0.05, 0) is 86.0 Å². The van der Waals surface area contributed by atoms with Gasteiger partial charge in [0, 0.05) is 29.0 Å². The van der Waals surface area contributed by atoms with Crippen molar-refractivity contribution in [1.29, 1.82) is 0 Å². The molecule has 1 N–H and O–H groups in total. The van der Waals surface area contributed by atoms with Crippen LogP contribution in [-0.4, -0.2) is 31.5 Å². The number of benzene rings is 1. The SMILES string of the molecule is C[C@]12CCC(=O)N[C@@H]1CC[C@@H]1[C@@H]2CC[C@]2(C)c3nc4ncnn4c(-c4ccc(F)cc4)c3C[C@@H]12. The number of hydrogen-bond donors (Lipinski definition) is 1. The van der Waals surface area contributed by atoms with Crippen molar-refractivity contribution in [1.82, 2.24) is 24.9 Å². The minimum atomic E-state index is -0.239. The van der Waals surface area contributed by atoms with Crippen LogP contribution in [0.2, 0.25) is 0 Å². The lowest BCUT2D eigenvalue weighted by molar-refractivity contribution is -0.134. The van der Waals surface area contributed by atoms with Gasteiger partial charge in [0.25, 0.3) is 5.78 Å². The number of fused-ring (bicyclic) bond motifs is 8. The molecule has 2 aromatic heterocycles. The highest BCUT2D eigenvalue weighted by Gasteiger charge is 2.60. The topological polar surface area (TPSA) is 72.2 Å². The van der Waals surface area contributed by atoms with Gasteiger partial charge in [-0.3, -0.25) is 4.79 Å². The Morgan fingerprint density at radius 2 is 1.91 bits per heavy atom.